The lowest BCUT2D eigenvalue weighted by Crippen LogP contribution is -1.95. The number of benzene rings is 1. The summed E-state index contributed by atoms with van der Waals surface area (Å²) in [6, 6.07) is 3.84. The maximum atomic E-state index is 12.5. The van der Waals surface area contributed by atoms with Crippen molar-refractivity contribution in [1.82, 2.24) is 0 Å². The number of rotatable bonds is 2. The standard InChI is InChI=1S/C8H5F4/c9-6-3-1-5(2-4-6)7(10)8(11)12/h1-4,7H/t7-/m0/s1. The molecule has 1 aromatic carbocycles. The first-order valence-electron chi connectivity index (χ1n) is 3.18. The Balaban J connectivity index is 2.82. The van der Waals surface area contributed by atoms with Crippen molar-refractivity contribution in [2.45, 2.75) is 6.17 Å². The molecule has 0 saturated carbocycles. The van der Waals surface area contributed by atoms with Gasteiger partial charge in [0.05, 0.1) is 0 Å². The van der Waals surface area contributed by atoms with Crippen molar-refractivity contribution >= 4 is 0 Å². The topological polar surface area (TPSA) is 0 Å². The van der Waals surface area contributed by atoms with Gasteiger partial charge in [-0.05, 0) is 17.7 Å². The minimum atomic E-state index is -2.41. The van der Waals surface area contributed by atoms with E-state index >= 15 is 0 Å². The molecule has 0 N–H and O–H groups in total. The molecule has 0 amide bonds. The average Bonchev–Trinajstić information content (AvgIpc) is 2.04. The molecule has 0 aliphatic rings. The molecule has 0 aliphatic heterocycles. The Hall–Kier alpha value is -1.06. The van der Waals surface area contributed by atoms with Crippen molar-refractivity contribution in [1.29, 1.82) is 0 Å². The lowest BCUT2D eigenvalue weighted by atomic mass is 10.1. The van der Waals surface area contributed by atoms with E-state index in [2.05, 4.69) is 0 Å². The van der Waals surface area contributed by atoms with Gasteiger partial charge in [0.2, 0.25) is 0 Å². The minimum Gasteiger partial charge on any atom is -0.235 e. The maximum Gasteiger partial charge on any atom is 0.348 e. The van der Waals surface area contributed by atoms with Gasteiger partial charge in [-0.1, -0.05) is 12.1 Å². The predicted octanol–water partition coefficient (Wildman–Crippen LogP) is 3.26. The molecule has 0 aliphatic carbocycles. The molecule has 0 aromatic heterocycles. The smallest absolute Gasteiger partial charge is 0.235 e. The highest BCUT2D eigenvalue weighted by Crippen LogP contribution is 2.29. The van der Waals surface area contributed by atoms with E-state index in [-0.39, 0.29) is 5.56 Å². The van der Waals surface area contributed by atoms with Crippen molar-refractivity contribution in [2.75, 3.05) is 0 Å². The molecule has 1 radical (unpaired) electrons. The summed E-state index contributed by atoms with van der Waals surface area (Å²) >= 11 is 0. The monoisotopic (exact) mass is 177 g/mol. The Morgan fingerprint density at radius 3 is 2.00 bits per heavy atom. The van der Waals surface area contributed by atoms with E-state index in [0.717, 1.165) is 24.3 Å². The van der Waals surface area contributed by atoms with Gasteiger partial charge in [0.15, 0.2) is 6.17 Å². The van der Waals surface area contributed by atoms with Crippen molar-refractivity contribution < 1.29 is 17.6 Å². The van der Waals surface area contributed by atoms with Crippen LogP contribution in [0.2, 0.25) is 0 Å². The molecule has 65 valence electrons. The Labute approximate surface area is 66.8 Å². The fraction of sp³-hybridized carbons (Fsp3) is 0.125. The van der Waals surface area contributed by atoms with Gasteiger partial charge in [-0.15, -0.1) is 0 Å². The van der Waals surface area contributed by atoms with E-state index in [0.29, 0.717) is 0 Å². The zero-order chi connectivity index (χ0) is 9.14. The molecule has 0 spiro atoms. The van der Waals surface area contributed by atoms with Gasteiger partial charge in [0.1, 0.15) is 5.82 Å². The second-order valence-corrected chi connectivity index (χ2v) is 2.20. The summed E-state index contributed by atoms with van der Waals surface area (Å²) in [5.74, 6) is -0.579. The number of halogens is 4. The number of hydrogen-bond acceptors (Lipinski definition) is 0. The van der Waals surface area contributed by atoms with Crippen LogP contribution in [0, 0.1) is 12.2 Å². The van der Waals surface area contributed by atoms with Crippen LogP contribution in [-0.4, -0.2) is 0 Å². The van der Waals surface area contributed by atoms with Crippen molar-refractivity contribution in [2.24, 2.45) is 0 Å². The molecule has 12 heavy (non-hydrogen) atoms. The first kappa shape index (κ1) is 9.03. The van der Waals surface area contributed by atoms with Crippen molar-refractivity contribution in [3.05, 3.63) is 42.1 Å². The molecule has 0 fully saturated rings. The zero-order valence-corrected chi connectivity index (χ0v) is 5.90. The third kappa shape index (κ3) is 1.96. The van der Waals surface area contributed by atoms with Crippen LogP contribution in [0.5, 0.6) is 0 Å². The van der Waals surface area contributed by atoms with Crippen LogP contribution < -0.4 is 0 Å². The fourth-order valence-corrected chi connectivity index (χ4v) is 0.758. The quantitative estimate of drug-likeness (QED) is 0.608. The molecular weight excluding hydrogens is 172 g/mol. The summed E-state index contributed by atoms with van der Waals surface area (Å²) in [6.07, 6.45) is -4.73. The van der Waals surface area contributed by atoms with Crippen LogP contribution >= 0.6 is 0 Å². The number of alkyl halides is 1. The van der Waals surface area contributed by atoms with Gasteiger partial charge >= 0.3 is 6.43 Å². The summed E-state index contributed by atoms with van der Waals surface area (Å²) in [4.78, 5) is 0. The van der Waals surface area contributed by atoms with Crippen LogP contribution in [0.25, 0.3) is 0 Å². The molecule has 1 atom stereocenters. The van der Waals surface area contributed by atoms with Gasteiger partial charge < -0.3 is 0 Å². The first-order chi connectivity index (χ1) is 5.61. The largest absolute Gasteiger partial charge is 0.348 e. The maximum absolute atomic E-state index is 12.5. The summed E-state index contributed by atoms with van der Waals surface area (Å²) in [5, 5.41) is 0. The molecule has 0 unspecified atom stereocenters. The van der Waals surface area contributed by atoms with Gasteiger partial charge in [0.25, 0.3) is 0 Å². The van der Waals surface area contributed by atoms with Gasteiger partial charge in [-0.25, -0.2) is 8.78 Å². The first-order valence-corrected chi connectivity index (χ1v) is 3.18. The van der Waals surface area contributed by atoms with E-state index in [9.17, 15) is 17.6 Å². The normalized spacial score (nSPS) is 13.4. The molecule has 0 bridgehead atoms. The van der Waals surface area contributed by atoms with Crippen LogP contribution in [-0.2, 0) is 0 Å². The third-order valence-electron chi connectivity index (χ3n) is 1.35. The highest BCUT2D eigenvalue weighted by atomic mass is 19.3. The number of hydrogen-bond donors (Lipinski definition) is 0. The fourth-order valence-electron chi connectivity index (χ4n) is 0.758. The molecule has 1 rings (SSSR count). The minimum absolute atomic E-state index is 0.239. The molecular formula is C8H5F4. The van der Waals surface area contributed by atoms with Crippen molar-refractivity contribution in [3.8, 4) is 0 Å². The molecule has 0 saturated heterocycles. The van der Waals surface area contributed by atoms with Crippen LogP contribution in [0.3, 0.4) is 0 Å². The molecule has 1 aromatic rings. The predicted molar refractivity (Wildman–Crippen MR) is 35.7 cm³/mol. The van der Waals surface area contributed by atoms with Crippen LogP contribution in [0.1, 0.15) is 11.7 Å². The molecule has 4 heteroatoms. The Kier molecular flexibility index (Phi) is 2.68. The highest BCUT2D eigenvalue weighted by Gasteiger charge is 2.23. The SMILES string of the molecule is F[C](F)[C@@H](F)c1ccc(F)cc1. The van der Waals surface area contributed by atoms with Gasteiger partial charge in [-0.2, -0.15) is 8.78 Å². The summed E-state index contributed by atoms with van der Waals surface area (Å²) in [7, 11) is 0. The Bertz CT molecular complexity index is 242. The van der Waals surface area contributed by atoms with Gasteiger partial charge in [-0.3, -0.25) is 0 Å². The average molecular weight is 177 g/mol. The lowest BCUT2D eigenvalue weighted by molar-refractivity contribution is 0.160. The second-order valence-electron chi connectivity index (χ2n) is 2.20. The van der Waals surface area contributed by atoms with E-state index in [1.165, 1.54) is 0 Å². The summed E-state index contributed by atoms with van der Waals surface area (Å²) in [5.41, 5.74) is -0.239. The van der Waals surface area contributed by atoms with E-state index < -0.39 is 18.4 Å². The van der Waals surface area contributed by atoms with Crippen molar-refractivity contribution in [3.63, 3.8) is 0 Å². The van der Waals surface area contributed by atoms with E-state index in [4.69, 9.17) is 0 Å². The third-order valence-corrected chi connectivity index (χ3v) is 1.35. The van der Waals surface area contributed by atoms with E-state index in [1.807, 2.05) is 0 Å². The molecule has 0 nitrogen and oxygen atoms in total. The second kappa shape index (κ2) is 3.56. The molecule has 0 heterocycles. The lowest BCUT2D eigenvalue weighted by Gasteiger charge is -2.04. The van der Waals surface area contributed by atoms with Crippen LogP contribution in [0.15, 0.2) is 24.3 Å². The Morgan fingerprint density at radius 1 is 1.08 bits per heavy atom. The Morgan fingerprint density at radius 2 is 1.58 bits per heavy atom. The van der Waals surface area contributed by atoms with Crippen LogP contribution in [0.4, 0.5) is 17.6 Å². The van der Waals surface area contributed by atoms with E-state index in [1.54, 1.807) is 0 Å². The van der Waals surface area contributed by atoms with Gasteiger partial charge in [0, 0.05) is 0 Å². The summed E-state index contributed by atoms with van der Waals surface area (Å²) in [6.45, 7) is 0. The highest BCUT2D eigenvalue weighted by molar-refractivity contribution is 5.20. The summed E-state index contributed by atoms with van der Waals surface area (Å²) < 4.78 is 48.0. The zero-order valence-electron chi connectivity index (χ0n) is 5.90.